The molecule has 0 amide bonds. The molecule has 0 radical (unpaired) electrons. The molecule has 2 aromatic rings. The van der Waals surface area contributed by atoms with E-state index in [0.29, 0.717) is 0 Å². The van der Waals surface area contributed by atoms with Crippen molar-refractivity contribution in [2.75, 3.05) is 17.2 Å². The number of para-hydroxylation sites is 2. The third-order valence-electron chi connectivity index (χ3n) is 2.64. The number of rotatable bonds is 1. The molecule has 0 unspecified atom stereocenters. The number of hydrogen-bond acceptors (Lipinski definition) is 3. The van der Waals surface area contributed by atoms with Crippen molar-refractivity contribution < 1.29 is 4.42 Å². The van der Waals surface area contributed by atoms with E-state index in [2.05, 4.69) is 22.8 Å². The van der Waals surface area contributed by atoms with Crippen molar-refractivity contribution in [3.05, 3.63) is 48.4 Å². The highest BCUT2D eigenvalue weighted by Gasteiger charge is 2.19. The highest BCUT2D eigenvalue weighted by Crippen LogP contribution is 2.30. The van der Waals surface area contributed by atoms with Gasteiger partial charge in [0, 0.05) is 6.54 Å². The number of anilines is 2. The Morgan fingerprint density at radius 2 is 1.93 bits per heavy atom. The van der Waals surface area contributed by atoms with Crippen molar-refractivity contribution in [2.45, 2.75) is 6.04 Å². The van der Waals surface area contributed by atoms with E-state index >= 15 is 0 Å². The topological polar surface area (TPSA) is 37.2 Å². The fraction of sp³-hybridized carbons (Fsp3) is 0.167. The SMILES string of the molecule is c1coc([C@@H]2CNc3ccccc3N2)c1. The molecule has 1 aromatic carbocycles. The molecule has 15 heavy (non-hydrogen) atoms. The molecule has 3 rings (SSSR count). The van der Waals surface area contributed by atoms with Gasteiger partial charge >= 0.3 is 0 Å². The predicted octanol–water partition coefficient (Wildman–Crippen LogP) is 2.86. The van der Waals surface area contributed by atoms with E-state index in [4.69, 9.17) is 4.42 Å². The molecule has 1 atom stereocenters. The molecule has 3 nitrogen and oxygen atoms in total. The molecule has 1 aromatic heterocycles. The monoisotopic (exact) mass is 200 g/mol. The smallest absolute Gasteiger partial charge is 0.127 e. The first-order valence-corrected chi connectivity index (χ1v) is 5.06. The third-order valence-corrected chi connectivity index (χ3v) is 2.64. The number of fused-ring (bicyclic) bond motifs is 1. The van der Waals surface area contributed by atoms with Crippen LogP contribution in [0.5, 0.6) is 0 Å². The summed E-state index contributed by atoms with van der Waals surface area (Å²) in [4.78, 5) is 0. The first-order chi connectivity index (χ1) is 7.43. The Labute approximate surface area is 88.1 Å². The van der Waals surface area contributed by atoms with Crippen LogP contribution in [0.2, 0.25) is 0 Å². The maximum Gasteiger partial charge on any atom is 0.127 e. The third kappa shape index (κ3) is 1.46. The molecule has 2 N–H and O–H groups in total. The van der Waals surface area contributed by atoms with Crippen molar-refractivity contribution in [1.29, 1.82) is 0 Å². The zero-order chi connectivity index (χ0) is 10.1. The fourth-order valence-electron chi connectivity index (χ4n) is 1.88. The largest absolute Gasteiger partial charge is 0.467 e. The summed E-state index contributed by atoms with van der Waals surface area (Å²) in [6.45, 7) is 0.852. The Balaban J connectivity index is 1.89. The average molecular weight is 200 g/mol. The van der Waals surface area contributed by atoms with Crippen LogP contribution in [0.4, 0.5) is 11.4 Å². The molecule has 0 saturated heterocycles. The van der Waals surface area contributed by atoms with Crippen molar-refractivity contribution >= 4 is 11.4 Å². The standard InChI is InChI=1S/C12H12N2O/c1-2-5-10-9(4-1)13-8-11(14-10)12-6-3-7-15-12/h1-7,11,13-14H,8H2/t11-/m0/s1. The number of furan rings is 1. The van der Waals surface area contributed by atoms with Gasteiger partial charge in [0.1, 0.15) is 11.8 Å². The summed E-state index contributed by atoms with van der Waals surface area (Å²) in [7, 11) is 0. The summed E-state index contributed by atoms with van der Waals surface area (Å²) in [6.07, 6.45) is 1.71. The predicted molar refractivity (Wildman–Crippen MR) is 60.0 cm³/mol. The van der Waals surface area contributed by atoms with Crippen LogP contribution in [-0.4, -0.2) is 6.54 Å². The molecule has 0 aliphatic carbocycles. The van der Waals surface area contributed by atoms with E-state index in [-0.39, 0.29) is 6.04 Å². The van der Waals surface area contributed by atoms with E-state index in [9.17, 15) is 0 Å². The lowest BCUT2D eigenvalue weighted by Crippen LogP contribution is -2.25. The average Bonchev–Trinajstić information content (AvgIpc) is 2.82. The summed E-state index contributed by atoms with van der Waals surface area (Å²) >= 11 is 0. The van der Waals surface area contributed by atoms with E-state index in [1.165, 1.54) is 0 Å². The van der Waals surface area contributed by atoms with Gasteiger partial charge in [-0.1, -0.05) is 12.1 Å². The highest BCUT2D eigenvalue weighted by molar-refractivity contribution is 5.71. The molecular weight excluding hydrogens is 188 g/mol. The lowest BCUT2D eigenvalue weighted by molar-refractivity contribution is 0.483. The molecule has 3 heteroatoms. The van der Waals surface area contributed by atoms with Gasteiger partial charge in [-0.3, -0.25) is 0 Å². The quantitative estimate of drug-likeness (QED) is 0.743. The second-order valence-corrected chi connectivity index (χ2v) is 3.64. The van der Waals surface area contributed by atoms with Crippen LogP contribution in [0.25, 0.3) is 0 Å². The van der Waals surface area contributed by atoms with E-state index in [0.717, 1.165) is 23.7 Å². The van der Waals surface area contributed by atoms with Gasteiger partial charge in [-0.25, -0.2) is 0 Å². The minimum absolute atomic E-state index is 0.217. The van der Waals surface area contributed by atoms with Crippen LogP contribution in [0.3, 0.4) is 0 Å². The second-order valence-electron chi connectivity index (χ2n) is 3.64. The van der Waals surface area contributed by atoms with Gasteiger partial charge < -0.3 is 15.1 Å². The van der Waals surface area contributed by atoms with Crippen molar-refractivity contribution in [2.24, 2.45) is 0 Å². The van der Waals surface area contributed by atoms with Gasteiger partial charge in [0.05, 0.1) is 17.6 Å². The van der Waals surface area contributed by atoms with Crippen LogP contribution in [0, 0.1) is 0 Å². The van der Waals surface area contributed by atoms with Gasteiger partial charge in [0.2, 0.25) is 0 Å². The summed E-state index contributed by atoms with van der Waals surface area (Å²) in [6, 6.07) is 12.3. The lowest BCUT2D eigenvalue weighted by atomic mass is 10.1. The van der Waals surface area contributed by atoms with Crippen LogP contribution < -0.4 is 10.6 Å². The minimum atomic E-state index is 0.217. The summed E-state index contributed by atoms with van der Waals surface area (Å²) in [5, 5.41) is 6.82. The van der Waals surface area contributed by atoms with Crippen LogP contribution >= 0.6 is 0 Å². The van der Waals surface area contributed by atoms with E-state index in [1.54, 1.807) is 6.26 Å². The van der Waals surface area contributed by atoms with Crippen LogP contribution in [0.15, 0.2) is 47.1 Å². The summed E-state index contributed by atoms with van der Waals surface area (Å²) in [5.41, 5.74) is 2.28. The highest BCUT2D eigenvalue weighted by atomic mass is 16.3. The van der Waals surface area contributed by atoms with Gasteiger partial charge in [0.15, 0.2) is 0 Å². The molecule has 0 spiro atoms. The first kappa shape index (κ1) is 8.41. The Morgan fingerprint density at radius 1 is 1.07 bits per heavy atom. The maximum atomic E-state index is 5.39. The second kappa shape index (κ2) is 3.35. The zero-order valence-electron chi connectivity index (χ0n) is 8.23. The first-order valence-electron chi connectivity index (χ1n) is 5.06. The number of hydrogen-bond donors (Lipinski definition) is 2. The van der Waals surface area contributed by atoms with Crippen molar-refractivity contribution in [3.63, 3.8) is 0 Å². The summed E-state index contributed by atoms with van der Waals surface area (Å²) in [5.74, 6) is 0.969. The molecular formula is C12H12N2O. The zero-order valence-corrected chi connectivity index (χ0v) is 8.23. The van der Waals surface area contributed by atoms with Crippen molar-refractivity contribution in [3.8, 4) is 0 Å². The fourth-order valence-corrected chi connectivity index (χ4v) is 1.88. The Hall–Kier alpha value is -1.90. The molecule has 1 aliphatic heterocycles. The normalized spacial score (nSPS) is 18.8. The number of benzene rings is 1. The molecule has 0 bridgehead atoms. The minimum Gasteiger partial charge on any atom is -0.467 e. The van der Waals surface area contributed by atoms with Crippen LogP contribution in [-0.2, 0) is 0 Å². The van der Waals surface area contributed by atoms with Gasteiger partial charge in [-0.05, 0) is 24.3 Å². The molecule has 0 fully saturated rings. The molecule has 0 saturated carbocycles. The molecule has 1 aliphatic rings. The van der Waals surface area contributed by atoms with Gasteiger partial charge in [-0.15, -0.1) is 0 Å². The summed E-state index contributed by atoms with van der Waals surface area (Å²) < 4.78 is 5.39. The van der Waals surface area contributed by atoms with Gasteiger partial charge in [-0.2, -0.15) is 0 Å². The Morgan fingerprint density at radius 3 is 2.73 bits per heavy atom. The van der Waals surface area contributed by atoms with Gasteiger partial charge in [0.25, 0.3) is 0 Å². The van der Waals surface area contributed by atoms with E-state index in [1.807, 2.05) is 24.3 Å². The lowest BCUT2D eigenvalue weighted by Gasteiger charge is -2.26. The van der Waals surface area contributed by atoms with E-state index < -0.39 is 0 Å². The number of nitrogens with one attached hydrogen (secondary N) is 2. The molecule has 2 heterocycles. The maximum absolute atomic E-state index is 5.39. The van der Waals surface area contributed by atoms with Crippen molar-refractivity contribution in [1.82, 2.24) is 0 Å². The molecule has 76 valence electrons. The Kier molecular flexibility index (Phi) is 1.88. The van der Waals surface area contributed by atoms with Crippen LogP contribution in [0.1, 0.15) is 11.8 Å². The Bertz CT molecular complexity index is 450.